The molecule has 312 valence electrons. The van der Waals surface area contributed by atoms with E-state index in [1.54, 1.807) is 10.9 Å². The molecule has 2 atom stereocenters. The minimum absolute atomic E-state index is 0. The average Bonchev–Trinajstić information content (AvgIpc) is 3.89. The first-order chi connectivity index (χ1) is 28.6. The largest absolute Gasteiger partial charge is 0.488 e. The van der Waals surface area contributed by atoms with Gasteiger partial charge < -0.3 is 30.2 Å². The molecule has 0 spiro atoms. The van der Waals surface area contributed by atoms with Gasteiger partial charge in [-0.15, -0.1) is 0 Å². The number of aryl methyl sites for hydroxylation is 1. The van der Waals surface area contributed by atoms with E-state index < -0.39 is 6.03 Å². The molecule has 2 aliphatic rings. The Bertz CT molecular complexity index is 2450. The van der Waals surface area contributed by atoms with Crippen LogP contribution in [0.25, 0.3) is 16.5 Å². The molecule has 3 aromatic heterocycles. The summed E-state index contributed by atoms with van der Waals surface area (Å²) in [6.45, 7) is 12.6. The molecule has 0 saturated carbocycles. The van der Waals surface area contributed by atoms with E-state index >= 15 is 0 Å². The Morgan fingerprint density at radius 3 is 2.42 bits per heavy atom. The number of amides is 3. The van der Waals surface area contributed by atoms with Crippen molar-refractivity contribution in [1.29, 1.82) is 0 Å². The van der Waals surface area contributed by atoms with Gasteiger partial charge in [-0.25, -0.2) is 24.4 Å². The summed E-state index contributed by atoms with van der Waals surface area (Å²) in [7, 11) is 0. The lowest BCUT2D eigenvalue weighted by Crippen LogP contribution is -2.54. The topological polar surface area (TPSA) is 170 Å². The number of benzene rings is 3. The lowest BCUT2D eigenvalue weighted by Gasteiger charge is -2.34. The number of rotatable bonds is 11. The van der Waals surface area contributed by atoms with Crippen LogP contribution in [0.5, 0.6) is 5.75 Å². The molecule has 2 aliphatic heterocycles. The third kappa shape index (κ3) is 9.33. The van der Waals surface area contributed by atoms with Crippen molar-refractivity contribution < 1.29 is 29.5 Å². The van der Waals surface area contributed by atoms with Crippen molar-refractivity contribution in [2.24, 2.45) is 0 Å². The second-order valence-corrected chi connectivity index (χ2v) is 15.7. The molecule has 3 amide bonds. The number of aromatic nitrogens is 5. The minimum atomic E-state index is -0.395. The molecule has 2 saturated heterocycles. The summed E-state index contributed by atoms with van der Waals surface area (Å²) < 4.78 is 19.3. The van der Waals surface area contributed by atoms with Crippen LogP contribution < -0.4 is 26.0 Å². The number of fused-ring (bicyclic) bond motifs is 1. The van der Waals surface area contributed by atoms with E-state index in [-0.39, 0.29) is 41.4 Å². The van der Waals surface area contributed by atoms with Crippen molar-refractivity contribution in [1.82, 2.24) is 34.9 Å². The van der Waals surface area contributed by atoms with E-state index in [1.807, 2.05) is 85.8 Å². The van der Waals surface area contributed by atoms with Crippen molar-refractivity contribution >= 4 is 45.9 Å². The van der Waals surface area contributed by atoms with Crippen molar-refractivity contribution in [2.75, 3.05) is 55.5 Å². The number of hydrogen-bond acceptors (Lipinski definition) is 11. The standard InChI is InChI=1S/C44H48N10O5.4H2/c1-28-9-11-30(12-10-28)54-41(22-38(52-54)44(2,3)4)51-43(56)49-33-13-14-37(32-8-6-5-7-31(32)33)59-25-29-15-16-45-39(21-29)50-40-24-46-34(23-47-40)42(55)48-35-26-58-27-36(35)53-17-19-57-20-18-53;;;;/h5-16,21-24,35-36H,17-20,25-27H2,1-4H3,(H,48,55)(H,45,47,50)(H2,49,51,56);4*1H/t35?,36-;;;;/m0..../s1. The Kier molecular flexibility index (Phi) is 11.5. The van der Waals surface area contributed by atoms with E-state index in [9.17, 15) is 9.59 Å². The van der Waals surface area contributed by atoms with Crippen molar-refractivity contribution in [3.05, 3.63) is 120 Å². The number of morpholine rings is 1. The Labute approximate surface area is 348 Å². The molecule has 2 fully saturated rings. The van der Waals surface area contributed by atoms with Crippen LogP contribution in [0.15, 0.2) is 97.5 Å². The highest BCUT2D eigenvalue weighted by Crippen LogP contribution is 2.33. The minimum Gasteiger partial charge on any atom is -0.488 e. The smallest absolute Gasteiger partial charge is 0.324 e. The number of carbonyl (C=O) groups is 2. The van der Waals surface area contributed by atoms with Gasteiger partial charge in [-0.2, -0.15) is 5.10 Å². The Balaban J connectivity index is 0.00000218. The van der Waals surface area contributed by atoms with Crippen LogP contribution in [0.2, 0.25) is 0 Å². The summed E-state index contributed by atoms with van der Waals surface area (Å²) >= 11 is 0. The van der Waals surface area contributed by atoms with Crippen molar-refractivity contribution in [2.45, 2.75) is 51.8 Å². The summed E-state index contributed by atoms with van der Waals surface area (Å²) in [5.74, 6) is 1.90. The quantitative estimate of drug-likeness (QED) is 0.102. The maximum Gasteiger partial charge on any atom is 0.324 e. The number of carbonyl (C=O) groups excluding carboxylic acids is 2. The fourth-order valence-electron chi connectivity index (χ4n) is 7.12. The summed E-state index contributed by atoms with van der Waals surface area (Å²) in [4.78, 5) is 42.1. The van der Waals surface area contributed by atoms with Gasteiger partial charge in [0.05, 0.1) is 68.0 Å². The third-order valence-electron chi connectivity index (χ3n) is 10.4. The molecule has 15 heteroatoms. The maximum atomic E-state index is 13.5. The summed E-state index contributed by atoms with van der Waals surface area (Å²) in [6, 6.07) is 24.7. The van der Waals surface area contributed by atoms with Gasteiger partial charge in [-0.05, 0) is 48.9 Å². The van der Waals surface area contributed by atoms with Crippen LogP contribution in [0.1, 0.15) is 53.8 Å². The molecule has 3 aromatic carbocycles. The zero-order valence-corrected chi connectivity index (χ0v) is 33.6. The molecule has 15 nitrogen and oxygen atoms in total. The van der Waals surface area contributed by atoms with Crippen LogP contribution in [0.3, 0.4) is 0 Å². The Hall–Kier alpha value is -6.42. The number of pyridine rings is 1. The van der Waals surface area contributed by atoms with Crippen molar-refractivity contribution in [3.8, 4) is 11.4 Å². The summed E-state index contributed by atoms with van der Waals surface area (Å²) in [6.07, 6.45) is 4.64. The van der Waals surface area contributed by atoms with Gasteiger partial charge in [0.1, 0.15) is 35.5 Å². The Morgan fingerprint density at radius 1 is 0.864 bits per heavy atom. The van der Waals surface area contributed by atoms with E-state index in [0.29, 0.717) is 55.3 Å². The SMILES string of the molecule is Cc1ccc(-n2nc(C(C)(C)C)cc2NC(=O)Nc2ccc(OCc3ccnc(Nc4cnc(C(=O)NC5COC[C@@H]5N5CCOCC5)cn4)c3)c3ccccc23)cc1.[HH].[HH].[HH].[HH]. The van der Waals surface area contributed by atoms with Crippen molar-refractivity contribution in [3.63, 3.8) is 0 Å². The number of nitrogens with one attached hydrogen (secondary N) is 4. The fraction of sp³-hybridized carbons (Fsp3) is 0.318. The van der Waals surface area contributed by atoms with Crippen LogP contribution >= 0.6 is 0 Å². The second-order valence-electron chi connectivity index (χ2n) is 15.7. The predicted octanol–water partition coefficient (Wildman–Crippen LogP) is 7.60. The van der Waals surface area contributed by atoms with Gasteiger partial charge in [0.25, 0.3) is 5.91 Å². The Morgan fingerprint density at radius 2 is 1.66 bits per heavy atom. The number of anilines is 4. The molecular weight excluding hydrogens is 749 g/mol. The van der Waals surface area contributed by atoms with Gasteiger partial charge >= 0.3 is 6.03 Å². The van der Waals surface area contributed by atoms with E-state index in [0.717, 1.165) is 46.4 Å². The van der Waals surface area contributed by atoms with E-state index in [4.69, 9.17) is 19.3 Å². The molecule has 5 heterocycles. The zero-order valence-electron chi connectivity index (χ0n) is 33.6. The highest BCUT2D eigenvalue weighted by molar-refractivity contribution is 6.07. The molecule has 0 aliphatic carbocycles. The lowest BCUT2D eigenvalue weighted by molar-refractivity contribution is 0.0108. The highest BCUT2D eigenvalue weighted by atomic mass is 16.5. The first-order valence-corrected chi connectivity index (χ1v) is 19.7. The van der Waals surface area contributed by atoms with E-state index in [1.165, 1.54) is 12.4 Å². The fourth-order valence-corrected chi connectivity index (χ4v) is 7.12. The van der Waals surface area contributed by atoms with Gasteiger partial charge in [0.15, 0.2) is 0 Å². The number of hydrogen-bond donors (Lipinski definition) is 4. The molecule has 8 rings (SSSR count). The lowest BCUT2D eigenvalue weighted by atomic mass is 9.92. The molecule has 0 radical (unpaired) electrons. The molecule has 1 unspecified atom stereocenters. The van der Waals surface area contributed by atoms with Crippen LogP contribution in [-0.2, 0) is 21.5 Å². The van der Waals surface area contributed by atoms with Crippen LogP contribution in [0, 0.1) is 6.92 Å². The van der Waals surface area contributed by atoms with Gasteiger partial charge in [0.2, 0.25) is 0 Å². The second kappa shape index (κ2) is 17.2. The first kappa shape index (κ1) is 39.4. The normalized spacial score (nSPS) is 17.1. The molecule has 4 N–H and O–H groups in total. The first-order valence-electron chi connectivity index (χ1n) is 19.7. The van der Waals surface area contributed by atoms with Crippen LogP contribution in [-0.4, -0.2) is 93.2 Å². The molecular formula is C44H56N10O5. The monoisotopic (exact) mass is 804 g/mol. The molecule has 59 heavy (non-hydrogen) atoms. The summed E-state index contributed by atoms with van der Waals surface area (Å²) in [5, 5.41) is 18.8. The average molecular weight is 805 g/mol. The van der Waals surface area contributed by atoms with Gasteiger partial charge in [-0.1, -0.05) is 62.7 Å². The maximum absolute atomic E-state index is 13.5. The van der Waals surface area contributed by atoms with Gasteiger partial charge in [0, 0.05) is 47.2 Å². The molecule has 0 bridgehead atoms. The number of ether oxygens (including phenoxy) is 3. The molecule has 6 aromatic rings. The van der Waals surface area contributed by atoms with E-state index in [2.05, 4.69) is 61.9 Å². The third-order valence-corrected chi connectivity index (χ3v) is 10.4. The number of nitrogens with zero attached hydrogens (tertiary/aromatic N) is 6. The highest BCUT2D eigenvalue weighted by Gasteiger charge is 2.35. The number of urea groups is 1. The van der Waals surface area contributed by atoms with Gasteiger partial charge in [-0.3, -0.25) is 15.0 Å². The van der Waals surface area contributed by atoms with Crippen LogP contribution in [0.4, 0.5) is 27.9 Å². The summed E-state index contributed by atoms with van der Waals surface area (Å²) in [5.41, 5.74) is 4.34. The zero-order chi connectivity index (χ0) is 40.9. The predicted molar refractivity (Wildman–Crippen MR) is 234 cm³/mol.